The lowest BCUT2D eigenvalue weighted by Crippen LogP contribution is -2.42. The van der Waals surface area contributed by atoms with E-state index in [9.17, 15) is 8.42 Å². The zero-order chi connectivity index (χ0) is 13.1. The van der Waals surface area contributed by atoms with E-state index in [1.165, 1.54) is 31.9 Å². The van der Waals surface area contributed by atoms with E-state index in [0.29, 0.717) is 12.3 Å². The van der Waals surface area contributed by atoms with E-state index in [1.54, 1.807) is 0 Å². The van der Waals surface area contributed by atoms with Gasteiger partial charge in [0.25, 0.3) is 0 Å². The summed E-state index contributed by atoms with van der Waals surface area (Å²) in [5, 5.41) is 0. The minimum Gasteiger partial charge on any atom is -0.327 e. The molecule has 1 rings (SSSR count). The summed E-state index contributed by atoms with van der Waals surface area (Å²) in [5.41, 5.74) is 6.51. The van der Waals surface area contributed by atoms with E-state index < -0.39 is 9.84 Å². The molecule has 0 saturated heterocycles. The third-order valence-electron chi connectivity index (χ3n) is 4.00. The first-order valence-electron chi connectivity index (χ1n) is 6.68. The zero-order valence-electron chi connectivity index (χ0n) is 11.4. The standard InChI is InChI=1S/C13H27NO2S/c1-11(2)10-13(7-4-5-8-13)12(14)6-9-17(3,15)16/h11-12H,4-10,14H2,1-3H3. The average Bonchev–Trinajstić information content (AvgIpc) is 2.61. The second-order valence-electron chi connectivity index (χ2n) is 6.19. The van der Waals surface area contributed by atoms with Crippen molar-refractivity contribution in [3.63, 3.8) is 0 Å². The first-order chi connectivity index (χ1) is 7.75. The Morgan fingerprint density at radius 3 is 2.18 bits per heavy atom. The minimum absolute atomic E-state index is 0.0436. The van der Waals surface area contributed by atoms with Crippen molar-refractivity contribution in [2.24, 2.45) is 17.1 Å². The molecule has 0 aromatic rings. The van der Waals surface area contributed by atoms with Gasteiger partial charge >= 0.3 is 0 Å². The van der Waals surface area contributed by atoms with Crippen LogP contribution in [-0.2, 0) is 9.84 Å². The van der Waals surface area contributed by atoms with Crippen LogP contribution in [0.3, 0.4) is 0 Å². The molecule has 1 unspecified atom stereocenters. The lowest BCUT2D eigenvalue weighted by Gasteiger charge is -2.37. The average molecular weight is 261 g/mol. The van der Waals surface area contributed by atoms with Crippen molar-refractivity contribution in [1.29, 1.82) is 0 Å². The fourth-order valence-corrected chi connectivity index (χ4v) is 3.95. The molecule has 0 aliphatic heterocycles. The Morgan fingerprint density at radius 1 is 1.24 bits per heavy atom. The lowest BCUT2D eigenvalue weighted by molar-refractivity contribution is 0.179. The van der Waals surface area contributed by atoms with Crippen LogP contribution < -0.4 is 5.73 Å². The molecular formula is C13H27NO2S. The third kappa shape index (κ3) is 4.59. The van der Waals surface area contributed by atoms with Gasteiger partial charge in [-0.05, 0) is 37.0 Å². The summed E-state index contributed by atoms with van der Waals surface area (Å²) in [7, 11) is -2.88. The van der Waals surface area contributed by atoms with Crippen molar-refractivity contribution in [2.45, 2.75) is 58.4 Å². The van der Waals surface area contributed by atoms with Crippen molar-refractivity contribution in [2.75, 3.05) is 12.0 Å². The molecular weight excluding hydrogens is 234 g/mol. The second kappa shape index (κ2) is 5.70. The molecule has 0 heterocycles. The lowest BCUT2D eigenvalue weighted by atomic mass is 9.72. The Kier molecular flexibility index (Phi) is 5.02. The highest BCUT2D eigenvalue weighted by Crippen LogP contribution is 2.46. The molecule has 0 spiro atoms. The Bertz CT molecular complexity index is 329. The number of hydrogen-bond acceptors (Lipinski definition) is 3. The van der Waals surface area contributed by atoms with E-state index in [1.807, 2.05) is 0 Å². The summed E-state index contributed by atoms with van der Waals surface area (Å²) in [4.78, 5) is 0. The van der Waals surface area contributed by atoms with E-state index in [0.717, 1.165) is 6.42 Å². The highest BCUT2D eigenvalue weighted by atomic mass is 32.2. The van der Waals surface area contributed by atoms with Gasteiger partial charge in [0.15, 0.2) is 0 Å². The van der Waals surface area contributed by atoms with Crippen LogP contribution in [0.15, 0.2) is 0 Å². The van der Waals surface area contributed by atoms with Crippen LogP contribution in [-0.4, -0.2) is 26.5 Å². The van der Waals surface area contributed by atoms with E-state index in [2.05, 4.69) is 13.8 Å². The smallest absolute Gasteiger partial charge is 0.147 e. The van der Waals surface area contributed by atoms with Gasteiger partial charge in [0.05, 0.1) is 5.75 Å². The fourth-order valence-electron chi connectivity index (χ4n) is 3.27. The predicted molar refractivity (Wildman–Crippen MR) is 72.7 cm³/mol. The molecule has 0 amide bonds. The fraction of sp³-hybridized carbons (Fsp3) is 1.00. The van der Waals surface area contributed by atoms with Gasteiger partial charge in [-0.15, -0.1) is 0 Å². The van der Waals surface area contributed by atoms with E-state index >= 15 is 0 Å². The van der Waals surface area contributed by atoms with Crippen LogP contribution >= 0.6 is 0 Å². The molecule has 102 valence electrons. The monoisotopic (exact) mass is 261 g/mol. The topological polar surface area (TPSA) is 60.2 Å². The molecule has 2 N–H and O–H groups in total. The molecule has 0 bridgehead atoms. The Morgan fingerprint density at radius 2 is 1.76 bits per heavy atom. The molecule has 1 atom stereocenters. The Balaban J connectivity index is 2.64. The number of rotatable bonds is 6. The molecule has 4 heteroatoms. The summed E-state index contributed by atoms with van der Waals surface area (Å²) in [5.74, 6) is 0.867. The molecule has 1 aliphatic rings. The zero-order valence-corrected chi connectivity index (χ0v) is 12.2. The maximum absolute atomic E-state index is 11.2. The van der Waals surface area contributed by atoms with Gasteiger partial charge in [-0.3, -0.25) is 0 Å². The molecule has 1 saturated carbocycles. The summed E-state index contributed by atoms with van der Waals surface area (Å²) >= 11 is 0. The molecule has 1 fully saturated rings. The quantitative estimate of drug-likeness (QED) is 0.798. The van der Waals surface area contributed by atoms with Crippen molar-refractivity contribution in [1.82, 2.24) is 0 Å². The Hall–Kier alpha value is -0.0900. The minimum atomic E-state index is -2.88. The normalized spacial score (nSPS) is 21.9. The van der Waals surface area contributed by atoms with Crippen LogP contribution in [0, 0.1) is 11.3 Å². The summed E-state index contributed by atoms with van der Waals surface area (Å²) in [6.45, 7) is 4.45. The van der Waals surface area contributed by atoms with Crippen molar-refractivity contribution in [3.8, 4) is 0 Å². The second-order valence-corrected chi connectivity index (χ2v) is 8.45. The van der Waals surface area contributed by atoms with Crippen molar-refractivity contribution >= 4 is 9.84 Å². The van der Waals surface area contributed by atoms with Gasteiger partial charge in [0.1, 0.15) is 9.84 Å². The highest BCUT2D eigenvalue weighted by Gasteiger charge is 2.39. The predicted octanol–water partition coefficient (Wildman–Crippen LogP) is 2.35. The Labute approximate surface area is 106 Å². The van der Waals surface area contributed by atoms with E-state index in [4.69, 9.17) is 5.73 Å². The third-order valence-corrected chi connectivity index (χ3v) is 4.98. The SMILES string of the molecule is CC(C)CC1(C(N)CCS(C)(=O)=O)CCCC1. The van der Waals surface area contributed by atoms with Crippen LogP contribution in [0.1, 0.15) is 52.4 Å². The van der Waals surface area contributed by atoms with Crippen molar-refractivity contribution < 1.29 is 8.42 Å². The van der Waals surface area contributed by atoms with Gasteiger partial charge in [-0.1, -0.05) is 26.7 Å². The molecule has 0 aromatic heterocycles. The molecule has 3 nitrogen and oxygen atoms in total. The van der Waals surface area contributed by atoms with Crippen LogP contribution in [0.5, 0.6) is 0 Å². The molecule has 17 heavy (non-hydrogen) atoms. The first-order valence-corrected chi connectivity index (χ1v) is 8.74. The number of sulfone groups is 1. The summed E-state index contributed by atoms with van der Waals surface area (Å²) in [6.07, 6.45) is 7.90. The first kappa shape index (κ1) is 15.0. The highest BCUT2D eigenvalue weighted by molar-refractivity contribution is 7.90. The van der Waals surface area contributed by atoms with Gasteiger partial charge in [0.2, 0.25) is 0 Å². The van der Waals surface area contributed by atoms with E-state index in [-0.39, 0.29) is 17.2 Å². The van der Waals surface area contributed by atoms with Crippen molar-refractivity contribution in [3.05, 3.63) is 0 Å². The number of nitrogens with two attached hydrogens (primary N) is 1. The van der Waals surface area contributed by atoms with Gasteiger partial charge < -0.3 is 5.73 Å². The number of hydrogen-bond donors (Lipinski definition) is 1. The summed E-state index contributed by atoms with van der Waals surface area (Å²) < 4.78 is 22.4. The summed E-state index contributed by atoms with van der Waals surface area (Å²) in [6, 6.07) is 0.0436. The molecule has 1 aliphatic carbocycles. The largest absolute Gasteiger partial charge is 0.327 e. The van der Waals surface area contributed by atoms with Crippen LogP contribution in [0.4, 0.5) is 0 Å². The van der Waals surface area contributed by atoms with Gasteiger partial charge in [-0.2, -0.15) is 0 Å². The van der Waals surface area contributed by atoms with Crippen LogP contribution in [0.25, 0.3) is 0 Å². The van der Waals surface area contributed by atoms with Crippen LogP contribution in [0.2, 0.25) is 0 Å². The van der Waals surface area contributed by atoms with Gasteiger partial charge in [0, 0.05) is 12.3 Å². The maximum atomic E-state index is 11.2. The molecule has 0 radical (unpaired) electrons. The van der Waals surface area contributed by atoms with Gasteiger partial charge in [-0.25, -0.2) is 8.42 Å². The maximum Gasteiger partial charge on any atom is 0.147 e. The molecule has 0 aromatic carbocycles.